The average Bonchev–Trinajstić information content (AvgIpc) is 2.72. The lowest BCUT2D eigenvalue weighted by atomic mass is 10.2. The molecule has 1 fully saturated rings. The van der Waals surface area contributed by atoms with Crippen molar-refractivity contribution in [2.24, 2.45) is 0 Å². The number of hydrogen-bond acceptors (Lipinski definition) is 5. The second-order valence-corrected chi connectivity index (χ2v) is 7.21. The number of rotatable bonds is 5. The van der Waals surface area contributed by atoms with Gasteiger partial charge in [-0.2, -0.15) is 0 Å². The Balaban J connectivity index is 1.66. The maximum atomic E-state index is 12.5. The highest BCUT2D eigenvalue weighted by Crippen LogP contribution is 2.41. The van der Waals surface area contributed by atoms with Crippen LogP contribution in [0.3, 0.4) is 0 Å². The van der Waals surface area contributed by atoms with Gasteiger partial charge in [0, 0.05) is 54.2 Å². The molecule has 1 aliphatic rings. The summed E-state index contributed by atoms with van der Waals surface area (Å²) in [6.07, 6.45) is 0. The van der Waals surface area contributed by atoms with Crippen molar-refractivity contribution in [3.8, 4) is 17.2 Å². The van der Waals surface area contributed by atoms with E-state index < -0.39 is 0 Å². The van der Waals surface area contributed by atoms with Crippen molar-refractivity contribution in [2.75, 3.05) is 57.7 Å². The lowest BCUT2D eigenvalue weighted by molar-refractivity contribution is 0.208. The third-order valence-corrected chi connectivity index (χ3v) is 5.15. The van der Waals surface area contributed by atoms with Gasteiger partial charge in [0.15, 0.2) is 11.5 Å². The fourth-order valence-electron chi connectivity index (χ4n) is 3.19. The molecular weight excluding hydrogens is 426 g/mol. The molecular formula is C20H24BrN3O4. The molecule has 0 unspecified atom stereocenters. The topological polar surface area (TPSA) is 63.3 Å². The first-order valence-electron chi connectivity index (χ1n) is 8.92. The Labute approximate surface area is 173 Å². The van der Waals surface area contributed by atoms with Crippen LogP contribution in [0.15, 0.2) is 40.9 Å². The van der Waals surface area contributed by atoms with Crippen LogP contribution < -0.4 is 24.4 Å². The molecule has 1 N–H and O–H groups in total. The lowest BCUT2D eigenvalue weighted by Crippen LogP contribution is -2.50. The molecule has 1 heterocycles. The van der Waals surface area contributed by atoms with Crippen LogP contribution in [0.1, 0.15) is 0 Å². The van der Waals surface area contributed by atoms with Crippen molar-refractivity contribution in [3.63, 3.8) is 0 Å². The van der Waals surface area contributed by atoms with E-state index in [1.807, 2.05) is 41.3 Å². The summed E-state index contributed by atoms with van der Waals surface area (Å²) in [5.41, 5.74) is 1.74. The van der Waals surface area contributed by atoms with E-state index in [2.05, 4.69) is 26.1 Å². The molecule has 1 saturated heterocycles. The number of hydrogen-bond donors (Lipinski definition) is 1. The molecule has 150 valence electrons. The minimum Gasteiger partial charge on any atom is -0.493 e. The summed E-state index contributed by atoms with van der Waals surface area (Å²) in [5, 5.41) is 2.94. The third-order valence-electron chi connectivity index (χ3n) is 4.66. The van der Waals surface area contributed by atoms with Crippen molar-refractivity contribution in [1.82, 2.24) is 4.90 Å². The second-order valence-electron chi connectivity index (χ2n) is 6.30. The van der Waals surface area contributed by atoms with E-state index >= 15 is 0 Å². The van der Waals surface area contributed by atoms with Gasteiger partial charge in [-0.25, -0.2) is 4.79 Å². The van der Waals surface area contributed by atoms with Crippen molar-refractivity contribution in [3.05, 3.63) is 40.9 Å². The molecule has 0 saturated carbocycles. The van der Waals surface area contributed by atoms with Crippen LogP contribution in [0.5, 0.6) is 17.2 Å². The molecule has 8 heteroatoms. The molecule has 0 aromatic heterocycles. The summed E-state index contributed by atoms with van der Waals surface area (Å²) in [4.78, 5) is 16.5. The Bertz CT molecular complexity index is 813. The second kappa shape index (κ2) is 9.05. The van der Waals surface area contributed by atoms with E-state index in [-0.39, 0.29) is 6.03 Å². The third kappa shape index (κ3) is 4.44. The molecule has 0 bridgehead atoms. The Morgan fingerprint density at radius 3 is 2.14 bits per heavy atom. The van der Waals surface area contributed by atoms with Gasteiger partial charge in [0.25, 0.3) is 0 Å². The highest BCUT2D eigenvalue weighted by Gasteiger charge is 2.23. The number of ether oxygens (including phenoxy) is 3. The summed E-state index contributed by atoms with van der Waals surface area (Å²) < 4.78 is 17.2. The summed E-state index contributed by atoms with van der Waals surface area (Å²) in [6.45, 7) is 2.67. The Hall–Kier alpha value is -2.61. The summed E-state index contributed by atoms with van der Waals surface area (Å²) in [6, 6.07) is 11.3. The van der Waals surface area contributed by atoms with Crippen LogP contribution in [0, 0.1) is 0 Å². The highest BCUT2D eigenvalue weighted by atomic mass is 79.9. The van der Waals surface area contributed by atoms with Gasteiger partial charge in [-0.1, -0.05) is 22.0 Å². The molecule has 1 aliphatic heterocycles. The first-order valence-corrected chi connectivity index (χ1v) is 9.71. The fraction of sp³-hybridized carbons (Fsp3) is 0.350. The van der Waals surface area contributed by atoms with E-state index in [0.717, 1.165) is 15.8 Å². The number of urea groups is 1. The van der Waals surface area contributed by atoms with Crippen LogP contribution in [0.2, 0.25) is 0 Å². The number of carbonyl (C=O) groups excluding carboxylic acids is 1. The van der Waals surface area contributed by atoms with Crippen LogP contribution in [-0.4, -0.2) is 58.4 Å². The number of nitrogens with zero attached hydrogens (tertiary/aromatic N) is 2. The van der Waals surface area contributed by atoms with Gasteiger partial charge in [-0.05, 0) is 18.2 Å². The van der Waals surface area contributed by atoms with Crippen molar-refractivity contribution < 1.29 is 19.0 Å². The van der Waals surface area contributed by atoms with E-state index in [9.17, 15) is 4.79 Å². The molecule has 0 radical (unpaired) electrons. The lowest BCUT2D eigenvalue weighted by Gasteiger charge is -2.36. The first kappa shape index (κ1) is 20.1. The van der Waals surface area contributed by atoms with Crippen LogP contribution in [-0.2, 0) is 0 Å². The molecule has 0 atom stereocenters. The van der Waals surface area contributed by atoms with Crippen LogP contribution in [0.25, 0.3) is 0 Å². The monoisotopic (exact) mass is 449 g/mol. The maximum Gasteiger partial charge on any atom is 0.321 e. The zero-order valence-electron chi connectivity index (χ0n) is 16.2. The number of methoxy groups -OCH3 is 3. The minimum absolute atomic E-state index is 0.0948. The Kier molecular flexibility index (Phi) is 6.51. The molecule has 7 nitrogen and oxygen atoms in total. The Morgan fingerprint density at radius 2 is 1.61 bits per heavy atom. The average molecular weight is 450 g/mol. The summed E-state index contributed by atoms with van der Waals surface area (Å²) in [5.74, 6) is 1.80. The van der Waals surface area contributed by atoms with E-state index in [1.165, 1.54) is 0 Å². The molecule has 28 heavy (non-hydrogen) atoms. The fourth-order valence-corrected chi connectivity index (χ4v) is 3.59. The van der Waals surface area contributed by atoms with E-state index in [0.29, 0.717) is 43.4 Å². The zero-order chi connectivity index (χ0) is 20.1. The zero-order valence-corrected chi connectivity index (χ0v) is 17.8. The number of anilines is 2. The van der Waals surface area contributed by atoms with E-state index in [1.54, 1.807) is 21.3 Å². The normalized spacial score (nSPS) is 13.9. The quantitative estimate of drug-likeness (QED) is 0.751. The molecule has 2 aromatic carbocycles. The van der Waals surface area contributed by atoms with Gasteiger partial charge in [0.05, 0.1) is 21.3 Å². The van der Waals surface area contributed by atoms with Gasteiger partial charge in [-0.3, -0.25) is 0 Å². The summed E-state index contributed by atoms with van der Waals surface area (Å²) >= 11 is 3.41. The van der Waals surface area contributed by atoms with E-state index in [4.69, 9.17) is 14.2 Å². The van der Waals surface area contributed by atoms with Gasteiger partial charge < -0.3 is 29.3 Å². The van der Waals surface area contributed by atoms with Crippen LogP contribution in [0.4, 0.5) is 16.2 Å². The highest BCUT2D eigenvalue weighted by molar-refractivity contribution is 9.10. The molecule has 2 amide bonds. The number of piperazine rings is 1. The molecule has 3 rings (SSSR count). The predicted molar refractivity (Wildman–Crippen MR) is 113 cm³/mol. The van der Waals surface area contributed by atoms with Crippen molar-refractivity contribution in [2.45, 2.75) is 0 Å². The predicted octanol–water partition coefficient (Wildman–Crippen LogP) is 3.83. The largest absolute Gasteiger partial charge is 0.493 e. The van der Waals surface area contributed by atoms with Crippen molar-refractivity contribution in [1.29, 1.82) is 0 Å². The van der Waals surface area contributed by atoms with Gasteiger partial charge in [0.1, 0.15) is 0 Å². The first-order chi connectivity index (χ1) is 13.5. The molecule has 0 spiro atoms. The SMILES string of the molecule is COc1cc(N2CCN(C(=O)Nc3cccc(Br)c3)CC2)cc(OC)c1OC. The maximum absolute atomic E-state index is 12.5. The minimum atomic E-state index is -0.0948. The number of benzene rings is 2. The number of halogens is 1. The van der Waals surface area contributed by atoms with Gasteiger partial charge in [0.2, 0.25) is 5.75 Å². The smallest absolute Gasteiger partial charge is 0.321 e. The number of carbonyl (C=O) groups is 1. The number of amides is 2. The number of nitrogens with one attached hydrogen (secondary N) is 1. The standard InChI is InChI=1S/C20H24BrN3O4/c1-26-17-12-16(13-18(27-2)19(17)28-3)23-7-9-24(10-8-23)20(25)22-15-6-4-5-14(21)11-15/h4-6,11-13H,7-10H2,1-3H3,(H,22,25). The van der Waals surface area contributed by atoms with Gasteiger partial charge >= 0.3 is 6.03 Å². The molecule has 0 aliphatic carbocycles. The van der Waals surface area contributed by atoms with Gasteiger partial charge in [-0.15, -0.1) is 0 Å². The Morgan fingerprint density at radius 1 is 0.964 bits per heavy atom. The molecule has 2 aromatic rings. The van der Waals surface area contributed by atoms with Crippen molar-refractivity contribution >= 4 is 33.3 Å². The summed E-state index contributed by atoms with van der Waals surface area (Å²) in [7, 11) is 4.79. The van der Waals surface area contributed by atoms with Crippen LogP contribution >= 0.6 is 15.9 Å².